The molecule has 19 heavy (non-hydrogen) atoms. The molecule has 1 aromatic carbocycles. The van der Waals surface area contributed by atoms with Gasteiger partial charge in [-0.2, -0.15) is 0 Å². The number of carbonyl (C=O) groups excluding carboxylic acids is 1. The third-order valence-electron chi connectivity index (χ3n) is 3.88. The van der Waals surface area contributed by atoms with E-state index >= 15 is 0 Å². The van der Waals surface area contributed by atoms with Crippen LogP contribution < -0.4 is 0 Å². The number of rotatable bonds is 2. The van der Waals surface area contributed by atoms with E-state index in [-0.39, 0.29) is 11.7 Å². The summed E-state index contributed by atoms with van der Waals surface area (Å²) in [6.07, 6.45) is 1.35. The van der Waals surface area contributed by atoms with Crippen molar-refractivity contribution >= 4 is 11.6 Å². The van der Waals surface area contributed by atoms with Gasteiger partial charge in [0.25, 0.3) is 0 Å². The molecular formula is C15H16N2O2. The van der Waals surface area contributed by atoms with Gasteiger partial charge in [0.1, 0.15) is 5.75 Å². The van der Waals surface area contributed by atoms with Gasteiger partial charge in [-0.1, -0.05) is 19.2 Å². The Morgan fingerprint density at radius 2 is 2.16 bits per heavy atom. The van der Waals surface area contributed by atoms with Gasteiger partial charge in [-0.05, 0) is 23.8 Å². The molecule has 4 heteroatoms. The molecule has 98 valence electrons. The van der Waals surface area contributed by atoms with Crippen LogP contribution in [-0.4, -0.2) is 39.9 Å². The van der Waals surface area contributed by atoms with Crippen molar-refractivity contribution in [3.63, 3.8) is 0 Å². The monoisotopic (exact) mass is 256 g/mol. The molecule has 0 unspecified atom stereocenters. The first-order chi connectivity index (χ1) is 9.10. The van der Waals surface area contributed by atoms with Crippen LogP contribution in [0.2, 0.25) is 0 Å². The molecule has 2 aliphatic rings. The Balaban J connectivity index is 1.72. The van der Waals surface area contributed by atoms with Gasteiger partial charge in [-0.25, -0.2) is 0 Å². The first-order valence-corrected chi connectivity index (χ1v) is 6.29. The highest BCUT2D eigenvalue weighted by Crippen LogP contribution is 2.36. The van der Waals surface area contributed by atoms with E-state index in [0.717, 1.165) is 17.8 Å². The summed E-state index contributed by atoms with van der Waals surface area (Å²) >= 11 is 0. The van der Waals surface area contributed by atoms with Crippen LogP contribution in [0.5, 0.6) is 5.75 Å². The molecule has 0 atom stereocenters. The molecule has 1 amide bonds. The van der Waals surface area contributed by atoms with Crippen LogP contribution in [0.3, 0.4) is 0 Å². The summed E-state index contributed by atoms with van der Waals surface area (Å²) in [4.78, 5) is 15.4. The molecule has 2 aliphatic heterocycles. The predicted octanol–water partition coefficient (Wildman–Crippen LogP) is 1.58. The van der Waals surface area contributed by atoms with Gasteiger partial charge in [0.05, 0.1) is 6.04 Å². The van der Waals surface area contributed by atoms with Crippen molar-refractivity contribution in [3.8, 4) is 5.75 Å². The third-order valence-corrected chi connectivity index (χ3v) is 3.88. The Hall–Kier alpha value is -2.23. The maximum Gasteiger partial charge on any atom is 0.246 e. The Bertz CT molecular complexity index is 574. The van der Waals surface area contributed by atoms with Crippen molar-refractivity contribution in [2.24, 2.45) is 0 Å². The Labute approximate surface area is 112 Å². The van der Waals surface area contributed by atoms with Crippen LogP contribution in [-0.2, 0) is 11.3 Å². The molecule has 1 aromatic rings. The van der Waals surface area contributed by atoms with Crippen molar-refractivity contribution in [3.05, 3.63) is 48.6 Å². The van der Waals surface area contributed by atoms with Crippen molar-refractivity contribution < 1.29 is 9.90 Å². The average Bonchev–Trinajstić information content (AvgIpc) is 2.65. The number of aromatic hydroxyl groups is 1. The number of likely N-dealkylation sites (tertiary alicyclic amines) is 1. The fourth-order valence-corrected chi connectivity index (χ4v) is 2.72. The zero-order valence-electron chi connectivity index (χ0n) is 10.7. The molecule has 1 saturated heterocycles. The number of carbonyl (C=O) groups is 1. The minimum atomic E-state index is -0.0174. The van der Waals surface area contributed by atoms with E-state index in [1.807, 2.05) is 6.07 Å². The molecule has 3 rings (SSSR count). The molecule has 1 N–H and O–H groups in total. The summed E-state index contributed by atoms with van der Waals surface area (Å²) in [5, 5.41) is 9.53. The topological polar surface area (TPSA) is 43.8 Å². The van der Waals surface area contributed by atoms with E-state index in [1.165, 1.54) is 11.6 Å². The van der Waals surface area contributed by atoms with Crippen LogP contribution in [0.4, 0.5) is 0 Å². The van der Waals surface area contributed by atoms with E-state index in [1.54, 1.807) is 17.0 Å². The maximum absolute atomic E-state index is 11.4. The lowest BCUT2D eigenvalue weighted by Gasteiger charge is -2.44. The molecule has 0 aliphatic carbocycles. The number of amides is 1. The van der Waals surface area contributed by atoms with Gasteiger partial charge in [0.2, 0.25) is 5.91 Å². The van der Waals surface area contributed by atoms with E-state index in [4.69, 9.17) is 0 Å². The summed E-state index contributed by atoms with van der Waals surface area (Å²) in [6.45, 7) is 9.82. The van der Waals surface area contributed by atoms with Crippen molar-refractivity contribution in [1.82, 2.24) is 9.80 Å². The lowest BCUT2D eigenvalue weighted by molar-refractivity contribution is -0.132. The number of phenols is 1. The first kappa shape index (κ1) is 11.8. The number of phenolic OH excluding ortho intramolecular Hbond substituents is 1. The summed E-state index contributed by atoms with van der Waals surface area (Å²) in [5.41, 5.74) is 3.12. The second kappa shape index (κ2) is 4.16. The Morgan fingerprint density at radius 3 is 2.84 bits per heavy atom. The summed E-state index contributed by atoms with van der Waals surface area (Å²) in [6, 6.07) is 5.69. The highest BCUT2D eigenvalue weighted by Gasteiger charge is 2.37. The molecular weight excluding hydrogens is 240 g/mol. The van der Waals surface area contributed by atoms with Crippen LogP contribution in [0.15, 0.2) is 37.4 Å². The molecule has 0 spiro atoms. The summed E-state index contributed by atoms with van der Waals surface area (Å²) < 4.78 is 0. The van der Waals surface area contributed by atoms with Gasteiger partial charge < -0.3 is 14.9 Å². The smallest absolute Gasteiger partial charge is 0.246 e. The first-order valence-electron chi connectivity index (χ1n) is 6.29. The van der Waals surface area contributed by atoms with Gasteiger partial charge in [0, 0.05) is 30.9 Å². The van der Waals surface area contributed by atoms with E-state index in [2.05, 4.69) is 18.1 Å². The van der Waals surface area contributed by atoms with Crippen molar-refractivity contribution in [2.75, 3.05) is 13.1 Å². The Morgan fingerprint density at radius 1 is 1.42 bits per heavy atom. The van der Waals surface area contributed by atoms with Gasteiger partial charge in [-0.3, -0.25) is 4.79 Å². The zero-order valence-corrected chi connectivity index (χ0v) is 10.7. The minimum Gasteiger partial charge on any atom is -0.508 e. The minimum absolute atomic E-state index is 0.0174. The number of fused-ring (bicyclic) bond motifs is 1. The van der Waals surface area contributed by atoms with Crippen LogP contribution in [0.25, 0.3) is 5.70 Å². The van der Waals surface area contributed by atoms with E-state index in [0.29, 0.717) is 19.1 Å². The highest BCUT2D eigenvalue weighted by molar-refractivity contribution is 5.87. The van der Waals surface area contributed by atoms with Gasteiger partial charge in [0.15, 0.2) is 0 Å². The molecule has 2 heterocycles. The second-order valence-electron chi connectivity index (χ2n) is 5.02. The SMILES string of the molecule is C=CC(=O)N1CC(N2Cc3ccc(O)cc3C2=C)C1. The largest absolute Gasteiger partial charge is 0.508 e. The van der Waals surface area contributed by atoms with Crippen LogP contribution in [0.1, 0.15) is 11.1 Å². The fraction of sp³-hybridized carbons (Fsp3) is 0.267. The number of nitrogens with zero attached hydrogens (tertiary/aromatic N) is 2. The van der Waals surface area contributed by atoms with Crippen molar-refractivity contribution in [2.45, 2.75) is 12.6 Å². The van der Waals surface area contributed by atoms with Gasteiger partial charge in [-0.15, -0.1) is 0 Å². The quantitative estimate of drug-likeness (QED) is 0.817. The normalized spacial score (nSPS) is 18.2. The van der Waals surface area contributed by atoms with E-state index < -0.39 is 0 Å². The maximum atomic E-state index is 11.4. The van der Waals surface area contributed by atoms with Crippen molar-refractivity contribution in [1.29, 1.82) is 0 Å². The van der Waals surface area contributed by atoms with Crippen LogP contribution >= 0.6 is 0 Å². The molecule has 0 radical (unpaired) electrons. The number of hydrogen-bond acceptors (Lipinski definition) is 3. The molecule has 0 bridgehead atoms. The van der Waals surface area contributed by atoms with Gasteiger partial charge >= 0.3 is 0 Å². The lowest BCUT2D eigenvalue weighted by atomic mass is 10.1. The summed E-state index contributed by atoms with van der Waals surface area (Å²) in [5.74, 6) is 0.245. The number of benzene rings is 1. The number of hydrogen-bond donors (Lipinski definition) is 1. The molecule has 1 fully saturated rings. The lowest BCUT2D eigenvalue weighted by Crippen LogP contribution is -2.59. The second-order valence-corrected chi connectivity index (χ2v) is 5.02. The predicted molar refractivity (Wildman–Crippen MR) is 73.2 cm³/mol. The zero-order chi connectivity index (χ0) is 13.6. The van der Waals surface area contributed by atoms with E-state index in [9.17, 15) is 9.90 Å². The molecule has 0 saturated carbocycles. The highest BCUT2D eigenvalue weighted by atomic mass is 16.3. The summed E-state index contributed by atoms with van der Waals surface area (Å²) in [7, 11) is 0. The molecule has 4 nitrogen and oxygen atoms in total. The average molecular weight is 256 g/mol. The Kier molecular flexibility index (Phi) is 2.59. The standard InChI is InChI=1S/C15H16N2O2/c1-3-15(19)16-8-12(9-16)17-7-11-4-5-13(18)6-14(11)10(17)2/h3-6,12,18H,1-2,7-9H2. The van der Waals surface area contributed by atoms with Crippen LogP contribution in [0, 0.1) is 0 Å². The fourth-order valence-electron chi connectivity index (χ4n) is 2.72. The molecule has 0 aromatic heterocycles. The third kappa shape index (κ3) is 1.80.